The van der Waals surface area contributed by atoms with Gasteiger partial charge in [-0.1, -0.05) is 29.8 Å². The van der Waals surface area contributed by atoms with E-state index in [2.05, 4.69) is 0 Å². The second-order valence-electron chi connectivity index (χ2n) is 5.22. The van der Waals surface area contributed by atoms with Crippen LogP contribution >= 0.6 is 0 Å². The van der Waals surface area contributed by atoms with Gasteiger partial charge in [0, 0.05) is 19.2 Å². The number of hydrogen-bond acceptors (Lipinski definition) is 3. The summed E-state index contributed by atoms with van der Waals surface area (Å²) in [5, 5.41) is 0. The molecule has 0 atom stereocenters. The first-order valence-electron chi connectivity index (χ1n) is 7.08. The molecule has 0 aliphatic heterocycles. The van der Waals surface area contributed by atoms with E-state index in [9.17, 15) is 4.79 Å². The average molecular weight is 299 g/mol. The molecule has 4 nitrogen and oxygen atoms in total. The molecule has 2 aromatic carbocycles. The highest BCUT2D eigenvalue weighted by molar-refractivity contribution is 5.94. The molecule has 0 bridgehead atoms. The number of carbonyl (C=O) groups excluding carboxylic acids is 1. The van der Waals surface area contributed by atoms with Crippen LogP contribution in [0.4, 0.5) is 0 Å². The summed E-state index contributed by atoms with van der Waals surface area (Å²) in [5.41, 5.74) is 2.88. The van der Waals surface area contributed by atoms with Gasteiger partial charge in [0.2, 0.25) is 0 Å². The Morgan fingerprint density at radius 1 is 1.00 bits per heavy atom. The van der Waals surface area contributed by atoms with E-state index in [1.54, 1.807) is 44.4 Å². The number of rotatable bonds is 5. The summed E-state index contributed by atoms with van der Waals surface area (Å²) in [6.07, 6.45) is 0. The van der Waals surface area contributed by atoms with Crippen LogP contribution in [-0.4, -0.2) is 32.1 Å². The van der Waals surface area contributed by atoms with Crippen molar-refractivity contribution in [1.29, 1.82) is 0 Å². The van der Waals surface area contributed by atoms with Gasteiger partial charge in [0.25, 0.3) is 5.91 Å². The van der Waals surface area contributed by atoms with Crippen molar-refractivity contribution in [2.24, 2.45) is 0 Å². The van der Waals surface area contributed by atoms with E-state index in [4.69, 9.17) is 9.47 Å². The normalized spacial score (nSPS) is 10.2. The monoisotopic (exact) mass is 299 g/mol. The third-order valence-corrected chi connectivity index (χ3v) is 3.52. The zero-order valence-corrected chi connectivity index (χ0v) is 13.4. The van der Waals surface area contributed by atoms with Gasteiger partial charge < -0.3 is 14.4 Å². The minimum Gasteiger partial charge on any atom is -0.493 e. The number of nitrogens with zero attached hydrogens (tertiary/aromatic N) is 1. The molecule has 4 heteroatoms. The summed E-state index contributed by atoms with van der Waals surface area (Å²) in [6.45, 7) is 2.61. The molecule has 0 spiro atoms. The van der Waals surface area contributed by atoms with Crippen LogP contribution in [0.5, 0.6) is 11.5 Å². The van der Waals surface area contributed by atoms with E-state index >= 15 is 0 Å². The first-order valence-corrected chi connectivity index (χ1v) is 7.08. The van der Waals surface area contributed by atoms with Crippen molar-refractivity contribution in [1.82, 2.24) is 4.90 Å². The number of hydrogen-bond donors (Lipinski definition) is 0. The molecule has 0 aliphatic carbocycles. The fourth-order valence-corrected chi connectivity index (χ4v) is 2.23. The van der Waals surface area contributed by atoms with Crippen LogP contribution < -0.4 is 9.47 Å². The maximum absolute atomic E-state index is 12.5. The van der Waals surface area contributed by atoms with Gasteiger partial charge in [-0.3, -0.25) is 4.79 Å². The van der Waals surface area contributed by atoms with Gasteiger partial charge in [0.05, 0.1) is 14.2 Å². The Morgan fingerprint density at radius 2 is 1.64 bits per heavy atom. The van der Waals surface area contributed by atoms with Crippen LogP contribution in [0.1, 0.15) is 21.5 Å². The van der Waals surface area contributed by atoms with Crippen molar-refractivity contribution >= 4 is 5.91 Å². The van der Waals surface area contributed by atoms with E-state index in [-0.39, 0.29) is 5.91 Å². The van der Waals surface area contributed by atoms with Crippen LogP contribution in [-0.2, 0) is 6.54 Å². The van der Waals surface area contributed by atoms with Gasteiger partial charge in [-0.15, -0.1) is 0 Å². The van der Waals surface area contributed by atoms with Gasteiger partial charge >= 0.3 is 0 Å². The molecular formula is C18H21NO3. The van der Waals surface area contributed by atoms with Crippen molar-refractivity contribution in [3.63, 3.8) is 0 Å². The van der Waals surface area contributed by atoms with E-state index in [0.717, 1.165) is 5.56 Å². The Kier molecular flexibility index (Phi) is 5.04. The van der Waals surface area contributed by atoms with Crippen molar-refractivity contribution in [2.45, 2.75) is 13.5 Å². The Bertz CT molecular complexity index is 650. The lowest BCUT2D eigenvalue weighted by molar-refractivity contribution is 0.0784. The Labute approximate surface area is 131 Å². The maximum atomic E-state index is 12.5. The number of ether oxygens (including phenoxy) is 2. The number of amides is 1. The van der Waals surface area contributed by atoms with Crippen molar-refractivity contribution in [3.05, 3.63) is 59.2 Å². The predicted molar refractivity (Wildman–Crippen MR) is 86.5 cm³/mol. The van der Waals surface area contributed by atoms with Crippen LogP contribution in [0.15, 0.2) is 42.5 Å². The quantitative estimate of drug-likeness (QED) is 0.850. The second-order valence-corrected chi connectivity index (χ2v) is 5.22. The molecule has 116 valence electrons. The molecule has 0 aliphatic rings. The molecule has 2 rings (SSSR count). The topological polar surface area (TPSA) is 38.8 Å². The molecule has 0 radical (unpaired) electrons. The summed E-state index contributed by atoms with van der Waals surface area (Å²) in [4.78, 5) is 14.2. The van der Waals surface area contributed by atoms with Gasteiger partial charge in [0.1, 0.15) is 0 Å². The fraction of sp³-hybridized carbons (Fsp3) is 0.278. The van der Waals surface area contributed by atoms with Gasteiger partial charge in [-0.05, 0) is 30.7 Å². The number of aryl methyl sites for hydroxylation is 1. The third kappa shape index (κ3) is 3.58. The molecular weight excluding hydrogens is 278 g/mol. The summed E-state index contributed by atoms with van der Waals surface area (Å²) in [5.74, 6) is 1.11. The highest BCUT2D eigenvalue weighted by Crippen LogP contribution is 2.28. The van der Waals surface area contributed by atoms with E-state index < -0.39 is 0 Å². The SMILES string of the molecule is COc1ccc(C(=O)N(C)Cc2ccc(C)cc2)cc1OC. The lowest BCUT2D eigenvalue weighted by atomic mass is 10.1. The number of benzene rings is 2. The minimum atomic E-state index is -0.0541. The first kappa shape index (κ1) is 15.9. The molecule has 0 unspecified atom stereocenters. The Morgan fingerprint density at radius 3 is 2.23 bits per heavy atom. The van der Waals surface area contributed by atoms with E-state index in [1.165, 1.54) is 5.56 Å². The highest BCUT2D eigenvalue weighted by atomic mass is 16.5. The second kappa shape index (κ2) is 6.98. The molecule has 1 amide bonds. The van der Waals surface area contributed by atoms with Crippen LogP contribution in [0.25, 0.3) is 0 Å². The van der Waals surface area contributed by atoms with Gasteiger partial charge in [-0.25, -0.2) is 0 Å². The Balaban J connectivity index is 2.14. The standard InChI is InChI=1S/C18H21NO3/c1-13-5-7-14(8-6-13)12-19(2)18(20)15-9-10-16(21-3)17(11-15)22-4/h5-11H,12H2,1-4H3. The lowest BCUT2D eigenvalue weighted by Gasteiger charge is -2.18. The molecule has 0 saturated carbocycles. The summed E-state index contributed by atoms with van der Waals surface area (Å²) >= 11 is 0. The van der Waals surface area contributed by atoms with Crippen molar-refractivity contribution in [2.75, 3.05) is 21.3 Å². The van der Waals surface area contributed by atoms with E-state index in [1.807, 2.05) is 31.2 Å². The number of carbonyl (C=O) groups is 1. The van der Waals surface area contributed by atoms with Crippen LogP contribution in [0.3, 0.4) is 0 Å². The largest absolute Gasteiger partial charge is 0.493 e. The molecule has 0 fully saturated rings. The molecule has 0 saturated heterocycles. The number of methoxy groups -OCH3 is 2. The van der Waals surface area contributed by atoms with Crippen LogP contribution in [0, 0.1) is 6.92 Å². The lowest BCUT2D eigenvalue weighted by Crippen LogP contribution is -2.26. The predicted octanol–water partition coefficient (Wildman–Crippen LogP) is 3.28. The molecule has 0 aromatic heterocycles. The maximum Gasteiger partial charge on any atom is 0.254 e. The first-order chi connectivity index (χ1) is 10.5. The average Bonchev–Trinajstić information content (AvgIpc) is 2.55. The summed E-state index contributed by atoms with van der Waals surface area (Å²) in [7, 11) is 4.92. The molecule has 0 heterocycles. The smallest absolute Gasteiger partial charge is 0.254 e. The molecule has 2 aromatic rings. The van der Waals surface area contributed by atoms with Gasteiger partial charge in [-0.2, -0.15) is 0 Å². The minimum absolute atomic E-state index is 0.0541. The third-order valence-electron chi connectivity index (χ3n) is 3.52. The summed E-state index contributed by atoms with van der Waals surface area (Å²) < 4.78 is 10.4. The van der Waals surface area contributed by atoms with Gasteiger partial charge in [0.15, 0.2) is 11.5 Å². The van der Waals surface area contributed by atoms with Crippen molar-refractivity contribution in [3.8, 4) is 11.5 Å². The highest BCUT2D eigenvalue weighted by Gasteiger charge is 2.15. The zero-order chi connectivity index (χ0) is 16.1. The Hall–Kier alpha value is -2.49. The zero-order valence-electron chi connectivity index (χ0n) is 13.4. The van der Waals surface area contributed by atoms with Crippen LogP contribution in [0.2, 0.25) is 0 Å². The summed E-state index contributed by atoms with van der Waals surface area (Å²) in [6, 6.07) is 13.4. The fourth-order valence-electron chi connectivity index (χ4n) is 2.23. The van der Waals surface area contributed by atoms with E-state index in [0.29, 0.717) is 23.6 Å². The van der Waals surface area contributed by atoms with Crippen molar-refractivity contribution < 1.29 is 14.3 Å². The molecule has 22 heavy (non-hydrogen) atoms. The molecule has 0 N–H and O–H groups in total.